The van der Waals surface area contributed by atoms with Crippen molar-refractivity contribution < 1.29 is 14.6 Å². The average molecular weight is 308 g/mol. The average Bonchev–Trinajstić information content (AvgIpc) is 2.87. The third-order valence-electron chi connectivity index (χ3n) is 2.78. The Labute approximate surface area is 126 Å². The van der Waals surface area contributed by atoms with Gasteiger partial charge in [-0.05, 0) is 11.6 Å². The Bertz CT molecular complexity index is 630. The van der Waals surface area contributed by atoms with E-state index in [9.17, 15) is 4.79 Å². The molecule has 2 heterocycles. The van der Waals surface area contributed by atoms with Gasteiger partial charge in [0, 0.05) is 18.7 Å². The predicted molar refractivity (Wildman–Crippen MR) is 77.7 cm³/mol. The summed E-state index contributed by atoms with van der Waals surface area (Å²) >= 11 is 1.16. The lowest BCUT2D eigenvalue weighted by Crippen LogP contribution is -2.08. The Kier molecular flexibility index (Phi) is 5.15. The summed E-state index contributed by atoms with van der Waals surface area (Å²) in [5.41, 5.74) is 0.994. The van der Waals surface area contributed by atoms with Crippen LogP contribution in [0.2, 0.25) is 0 Å². The van der Waals surface area contributed by atoms with Crippen LogP contribution in [-0.2, 0) is 17.8 Å². The minimum atomic E-state index is -0.877. The van der Waals surface area contributed by atoms with E-state index >= 15 is 0 Å². The molecule has 0 aliphatic heterocycles. The van der Waals surface area contributed by atoms with E-state index in [0.717, 1.165) is 29.6 Å². The van der Waals surface area contributed by atoms with Gasteiger partial charge in [-0.25, -0.2) is 4.98 Å². The molecule has 8 heteroatoms. The van der Waals surface area contributed by atoms with Crippen LogP contribution in [0, 0.1) is 0 Å². The molecule has 0 saturated heterocycles. The maximum absolute atomic E-state index is 10.7. The second-order valence-electron chi connectivity index (χ2n) is 4.23. The first-order valence-corrected chi connectivity index (χ1v) is 7.38. The molecule has 2 aromatic heterocycles. The van der Waals surface area contributed by atoms with Crippen molar-refractivity contribution in [2.75, 3.05) is 12.9 Å². The summed E-state index contributed by atoms with van der Waals surface area (Å²) in [4.78, 5) is 14.8. The summed E-state index contributed by atoms with van der Waals surface area (Å²) in [6, 6.07) is 3.72. The molecule has 0 bridgehead atoms. The molecule has 0 amide bonds. The van der Waals surface area contributed by atoms with Crippen LogP contribution in [0.4, 0.5) is 0 Å². The molecule has 1 N–H and O–H groups in total. The molecule has 0 radical (unpaired) electrons. The molecule has 0 saturated carbocycles. The van der Waals surface area contributed by atoms with Crippen LogP contribution in [0.3, 0.4) is 0 Å². The Balaban J connectivity index is 2.24. The number of hydrogen-bond acceptors (Lipinski definition) is 6. The van der Waals surface area contributed by atoms with Gasteiger partial charge in [0.15, 0.2) is 5.16 Å². The van der Waals surface area contributed by atoms with Crippen LogP contribution in [0.25, 0.3) is 0 Å². The number of pyridine rings is 1. The van der Waals surface area contributed by atoms with Crippen molar-refractivity contribution in [1.82, 2.24) is 19.7 Å². The molecule has 0 aromatic carbocycles. The zero-order valence-corrected chi connectivity index (χ0v) is 12.6. The van der Waals surface area contributed by atoms with Crippen LogP contribution in [0.15, 0.2) is 23.5 Å². The Morgan fingerprint density at radius 1 is 1.48 bits per heavy atom. The number of carbonyl (C=O) groups is 1. The summed E-state index contributed by atoms with van der Waals surface area (Å²) in [7, 11) is 1.57. The Morgan fingerprint density at radius 2 is 2.29 bits per heavy atom. The number of ether oxygens (including phenoxy) is 1. The van der Waals surface area contributed by atoms with Gasteiger partial charge in [-0.2, -0.15) is 0 Å². The van der Waals surface area contributed by atoms with Crippen molar-refractivity contribution >= 4 is 17.7 Å². The van der Waals surface area contributed by atoms with Crippen molar-refractivity contribution in [2.24, 2.45) is 0 Å². The molecule has 0 aliphatic carbocycles. The lowest BCUT2D eigenvalue weighted by molar-refractivity contribution is -0.133. The van der Waals surface area contributed by atoms with Gasteiger partial charge in [0.05, 0.1) is 19.4 Å². The number of aryl methyl sites for hydroxylation is 1. The lowest BCUT2D eigenvalue weighted by atomic mass is 10.2. The first-order valence-electron chi connectivity index (χ1n) is 6.39. The van der Waals surface area contributed by atoms with Gasteiger partial charge in [0.2, 0.25) is 5.88 Å². The van der Waals surface area contributed by atoms with Crippen molar-refractivity contribution in [3.8, 4) is 5.88 Å². The van der Waals surface area contributed by atoms with Crippen LogP contribution in [-0.4, -0.2) is 43.7 Å². The molecule has 0 spiro atoms. The van der Waals surface area contributed by atoms with E-state index in [1.54, 1.807) is 13.3 Å². The number of carboxylic acids is 1. The van der Waals surface area contributed by atoms with E-state index in [4.69, 9.17) is 9.84 Å². The molecule has 21 heavy (non-hydrogen) atoms. The summed E-state index contributed by atoms with van der Waals surface area (Å²) in [6.45, 7) is 2.54. The molecule has 0 aliphatic rings. The SMILES string of the molecule is CCc1nnc(SCC(=O)O)n1Cc1ccnc(OC)c1. The molecule has 0 fully saturated rings. The normalized spacial score (nSPS) is 10.6. The van der Waals surface area contributed by atoms with Gasteiger partial charge in [0.25, 0.3) is 0 Å². The second-order valence-corrected chi connectivity index (χ2v) is 5.17. The fourth-order valence-electron chi connectivity index (χ4n) is 1.82. The van der Waals surface area contributed by atoms with Crippen molar-refractivity contribution in [3.05, 3.63) is 29.7 Å². The van der Waals surface area contributed by atoms with Crippen LogP contribution >= 0.6 is 11.8 Å². The fraction of sp³-hybridized carbons (Fsp3) is 0.385. The molecule has 2 aromatic rings. The molecular formula is C13H16N4O3S. The van der Waals surface area contributed by atoms with Crippen LogP contribution < -0.4 is 4.74 Å². The Morgan fingerprint density at radius 3 is 2.95 bits per heavy atom. The van der Waals surface area contributed by atoms with Crippen molar-refractivity contribution in [2.45, 2.75) is 25.0 Å². The minimum absolute atomic E-state index is 0.0402. The summed E-state index contributed by atoms with van der Waals surface area (Å²) in [6.07, 6.45) is 2.40. The van der Waals surface area contributed by atoms with Gasteiger partial charge in [0.1, 0.15) is 5.82 Å². The first-order chi connectivity index (χ1) is 10.1. The molecule has 112 valence electrons. The van der Waals surface area contributed by atoms with Crippen molar-refractivity contribution in [1.29, 1.82) is 0 Å². The summed E-state index contributed by atoms with van der Waals surface area (Å²) < 4.78 is 7.02. The maximum Gasteiger partial charge on any atom is 0.313 e. The highest BCUT2D eigenvalue weighted by Gasteiger charge is 2.13. The van der Waals surface area contributed by atoms with E-state index in [1.807, 2.05) is 23.6 Å². The van der Waals surface area contributed by atoms with Gasteiger partial charge in [-0.1, -0.05) is 18.7 Å². The standard InChI is InChI=1S/C13H16N4O3S/c1-3-10-15-16-13(21-8-12(18)19)17(10)7-9-4-5-14-11(6-9)20-2/h4-6H,3,7-8H2,1-2H3,(H,18,19). The number of aliphatic carboxylic acids is 1. The van der Waals surface area contributed by atoms with Crippen LogP contribution in [0.1, 0.15) is 18.3 Å². The largest absolute Gasteiger partial charge is 0.481 e. The van der Waals surface area contributed by atoms with Crippen LogP contribution in [0.5, 0.6) is 5.88 Å². The zero-order chi connectivity index (χ0) is 15.2. The van der Waals surface area contributed by atoms with Gasteiger partial charge < -0.3 is 14.4 Å². The van der Waals surface area contributed by atoms with E-state index in [0.29, 0.717) is 17.6 Å². The Hall–Kier alpha value is -2.09. The third-order valence-corrected chi connectivity index (χ3v) is 3.74. The third kappa shape index (κ3) is 3.94. The zero-order valence-electron chi connectivity index (χ0n) is 11.8. The molecular weight excluding hydrogens is 292 g/mol. The number of nitrogens with zero attached hydrogens (tertiary/aromatic N) is 4. The monoisotopic (exact) mass is 308 g/mol. The highest BCUT2D eigenvalue weighted by molar-refractivity contribution is 7.99. The number of thioether (sulfide) groups is 1. The number of methoxy groups -OCH3 is 1. The van der Waals surface area contributed by atoms with E-state index in [1.165, 1.54) is 0 Å². The number of carboxylic acid groups (broad SMARTS) is 1. The topological polar surface area (TPSA) is 90.1 Å². The highest BCUT2D eigenvalue weighted by Crippen LogP contribution is 2.19. The smallest absolute Gasteiger partial charge is 0.313 e. The summed E-state index contributed by atoms with van der Waals surface area (Å²) in [5, 5.41) is 17.6. The maximum atomic E-state index is 10.7. The lowest BCUT2D eigenvalue weighted by Gasteiger charge is -2.09. The second kappa shape index (κ2) is 7.07. The molecule has 7 nitrogen and oxygen atoms in total. The molecule has 0 atom stereocenters. The number of aromatic nitrogens is 4. The molecule has 2 rings (SSSR count). The quantitative estimate of drug-likeness (QED) is 0.774. The van der Waals surface area contributed by atoms with Gasteiger partial charge in [-0.15, -0.1) is 10.2 Å². The first kappa shape index (κ1) is 15.3. The number of rotatable bonds is 7. The van der Waals surface area contributed by atoms with Crippen molar-refractivity contribution in [3.63, 3.8) is 0 Å². The van der Waals surface area contributed by atoms with Gasteiger partial charge in [-0.3, -0.25) is 4.79 Å². The van der Waals surface area contributed by atoms with E-state index in [-0.39, 0.29) is 5.75 Å². The summed E-state index contributed by atoms with van der Waals surface area (Å²) in [5.74, 6) is 0.442. The molecule has 0 unspecified atom stereocenters. The highest BCUT2D eigenvalue weighted by atomic mass is 32.2. The fourth-order valence-corrected chi connectivity index (χ4v) is 2.49. The minimum Gasteiger partial charge on any atom is -0.481 e. The van der Waals surface area contributed by atoms with E-state index < -0.39 is 5.97 Å². The predicted octanol–water partition coefficient (Wildman–Crippen LogP) is 1.47. The number of hydrogen-bond donors (Lipinski definition) is 1. The van der Waals surface area contributed by atoms with Gasteiger partial charge >= 0.3 is 5.97 Å². The van der Waals surface area contributed by atoms with E-state index in [2.05, 4.69) is 15.2 Å².